The Morgan fingerprint density at radius 1 is 1.56 bits per heavy atom. The molecule has 2 rings (SSSR count). The van der Waals surface area contributed by atoms with Gasteiger partial charge in [-0.1, -0.05) is 13.8 Å². The Bertz CT molecular complexity index is 404. The first kappa shape index (κ1) is 11.2. The minimum absolute atomic E-state index is 0.0125. The number of aromatic nitrogens is 1. The summed E-state index contributed by atoms with van der Waals surface area (Å²) in [5.74, 6) is -0.436. The molecule has 1 aromatic rings. The van der Waals surface area contributed by atoms with Crippen molar-refractivity contribution in [3.05, 3.63) is 17.3 Å². The molecule has 0 unspecified atom stereocenters. The maximum Gasteiger partial charge on any atom is 0.373 e. The zero-order chi connectivity index (χ0) is 11.8. The van der Waals surface area contributed by atoms with E-state index in [0.717, 1.165) is 12.8 Å². The van der Waals surface area contributed by atoms with Crippen molar-refractivity contribution in [2.24, 2.45) is 5.41 Å². The first-order valence-corrected chi connectivity index (χ1v) is 5.76. The lowest BCUT2D eigenvalue weighted by Crippen LogP contribution is -1.98. The van der Waals surface area contributed by atoms with E-state index in [0.29, 0.717) is 23.4 Å². The van der Waals surface area contributed by atoms with E-state index in [1.807, 2.05) is 6.92 Å². The fourth-order valence-corrected chi connectivity index (χ4v) is 1.79. The molecule has 1 aliphatic carbocycles. The van der Waals surface area contributed by atoms with Gasteiger partial charge >= 0.3 is 5.97 Å². The van der Waals surface area contributed by atoms with Crippen molar-refractivity contribution < 1.29 is 14.3 Å². The summed E-state index contributed by atoms with van der Waals surface area (Å²) in [4.78, 5) is 15.1. The van der Waals surface area contributed by atoms with Crippen molar-refractivity contribution in [2.75, 3.05) is 0 Å². The van der Waals surface area contributed by atoms with E-state index in [2.05, 4.69) is 11.9 Å². The van der Waals surface area contributed by atoms with Gasteiger partial charge in [0.1, 0.15) is 0 Å². The van der Waals surface area contributed by atoms with Gasteiger partial charge in [-0.05, 0) is 31.1 Å². The van der Waals surface area contributed by atoms with Gasteiger partial charge in [-0.2, -0.15) is 0 Å². The summed E-state index contributed by atoms with van der Waals surface area (Å²) < 4.78 is 5.28. The highest BCUT2D eigenvalue weighted by Gasteiger charge is 2.37. The number of hydrogen-bond acceptors (Lipinski definition) is 3. The normalized spacial score (nSPS) is 17.4. The molecule has 0 bridgehead atoms. The topological polar surface area (TPSA) is 63.3 Å². The third-order valence-corrected chi connectivity index (χ3v) is 3.32. The molecule has 1 aliphatic rings. The highest BCUT2D eigenvalue weighted by atomic mass is 16.4. The monoisotopic (exact) mass is 223 g/mol. The number of nitrogens with zero attached hydrogens (tertiary/aromatic N) is 1. The van der Waals surface area contributed by atoms with Crippen molar-refractivity contribution in [1.29, 1.82) is 0 Å². The van der Waals surface area contributed by atoms with Gasteiger partial charge in [-0.15, -0.1) is 0 Å². The second-order valence-corrected chi connectivity index (χ2v) is 4.85. The fourth-order valence-electron chi connectivity index (χ4n) is 1.79. The number of hydrogen-bond donors (Lipinski definition) is 1. The SMILES string of the molecule is CCc1nc(CCC2(C)CC2)oc1C(=O)O. The van der Waals surface area contributed by atoms with Crippen LogP contribution in [-0.2, 0) is 12.8 Å². The molecule has 0 aromatic carbocycles. The molecule has 1 aromatic heterocycles. The molecule has 4 heteroatoms. The van der Waals surface area contributed by atoms with Crippen LogP contribution in [0.4, 0.5) is 0 Å². The van der Waals surface area contributed by atoms with Crippen molar-refractivity contribution in [1.82, 2.24) is 4.98 Å². The highest BCUT2D eigenvalue weighted by molar-refractivity contribution is 5.85. The largest absolute Gasteiger partial charge is 0.475 e. The van der Waals surface area contributed by atoms with Gasteiger partial charge in [0.25, 0.3) is 0 Å². The van der Waals surface area contributed by atoms with E-state index in [1.165, 1.54) is 12.8 Å². The van der Waals surface area contributed by atoms with Crippen molar-refractivity contribution in [3.8, 4) is 0 Å². The molecule has 88 valence electrons. The third-order valence-electron chi connectivity index (χ3n) is 3.32. The second kappa shape index (κ2) is 3.92. The Morgan fingerprint density at radius 2 is 2.25 bits per heavy atom. The number of carboxylic acid groups (broad SMARTS) is 1. The Hall–Kier alpha value is -1.32. The number of rotatable bonds is 5. The quantitative estimate of drug-likeness (QED) is 0.833. The second-order valence-electron chi connectivity index (χ2n) is 4.85. The number of oxazole rings is 1. The van der Waals surface area contributed by atoms with Gasteiger partial charge in [0.2, 0.25) is 5.76 Å². The molecule has 0 saturated heterocycles. The van der Waals surface area contributed by atoms with Crippen LogP contribution in [0.25, 0.3) is 0 Å². The van der Waals surface area contributed by atoms with Crippen LogP contribution in [0.15, 0.2) is 4.42 Å². The predicted octanol–water partition coefficient (Wildman–Crippen LogP) is 2.67. The first-order chi connectivity index (χ1) is 7.54. The highest BCUT2D eigenvalue weighted by Crippen LogP contribution is 2.48. The summed E-state index contributed by atoms with van der Waals surface area (Å²) in [5, 5.41) is 8.92. The summed E-state index contributed by atoms with van der Waals surface area (Å²) in [6.45, 7) is 4.13. The maximum atomic E-state index is 10.9. The number of carboxylic acids is 1. The van der Waals surface area contributed by atoms with Gasteiger partial charge in [-0.25, -0.2) is 9.78 Å². The number of aryl methyl sites for hydroxylation is 2. The predicted molar refractivity (Wildman–Crippen MR) is 58.5 cm³/mol. The van der Waals surface area contributed by atoms with Gasteiger partial charge in [0.15, 0.2) is 5.89 Å². The van der Waals surface area contributed by atoms with Gasteiger partial charge in [0.05, 0.1) is 5.69 Å². The lowest BCUT2D eigenvalue weighted by atomic mass is 10.0. The standard InChI is InChI=1S/C12H17NO3/c1-3-8-10(11(14)15)16-9(13-8)4-5-12(2)6-7-12/h3-7H2,1-2H3,(H,14,15). The molecule has 16 heavy (non-hydrogen) atoms. The first-order valence-electron chi connectivity index (χ1n) is 5.76. The summed E-state index contributed by atoms with van der Waals surface area (Å²) in [6.07, 6.45) is 4.91. The third kappa shape index (κ3) is 2.26. The molecule has 1 saturated carbocycles. The minimum atomic E-state index is -1.02. The van der Waals surface area contributed by atoms with Gasteiger partial charge in [-0.3, -0.25) is 0 Å². The van der Waals surface area contributed by atoms with Crippen LogP contribution in [0, 0.1) is 5.41 Å². The van der Waals surface area contributed by atoms with Crippen molar-refractivity contribution >= 4 is 5.97 Å². The molecule has 1 heterocycles. The summed E-state index contributed by atoms with van der Waals surface area (Å²) in [6, 6.07) is 0. The molecule has 0 radical (unpaired) electrons. The average Bonchev–Trinajstić information content (AvgIpc) is 2.82. The molecule has 0 amide bonds. The fraction of sp³-hybridized carbons (Fsp3) is 0.667. The Balaban J connectivity index is 2.06. The van der Waals surface area contributed by atoms with Crippen LogP contribution in [0.5, 0.6) is 0 Å². The number of carbonyl (C=O) groups is 1. The van der Waals surface area contributed by atoms with Crippen LogP contribution in [0.2, 0.25) is 0 Å². The van der Waals surface area contributed by atoms with E-state index < -0.39 is 5.97 Å². The summed E-state index contributed by atoms with van der Waals surface area (Å²) in [7, 11) is 0. The van der Waals surface area contributed by atoms with E-state index in [4.69, 9.17) is 9.52 Å². The Morgan fingerprint density at radius 3 is 2.69 bits per heavy atom. The molecule has 0 aliphatic heterocycles. The van der Waals surface area contributed by atoms with E-state index in [9.17, 15) is 4.79 Å². The molecule has 0 spiro atoms. The lowest BCUT2D eigenvalue weighted by Gasteiger charge is -2.03. The summed E-state index contributed by atoms with van der Waals surface area (Å²) in [5.41, 5.74) is 1.01. The van der Waals surface area contributed by atoms with Crippen LogP contribution >= 0.6 is 0 Å². The van der Waals surface area contributed by atoms with Crippen LogP contribution in [-0.4, -0.2) is 16.1 Å². The minimum Gasteiger partial charge on any atom is -0.475 e. The van der Waals surface area contributed by atoms with Crippen LogP contribution in [0.3, 0.4) is 0 Å². The van der Waals surface area contributed by atoms with Crippen molar-refractivity contribution in [2.45, 2.75) is 46.0 Å². The molecular weight excluding hydrogens is 206 g/mol. The Labute approximate surface area is 94.7 Å². The molecule has 1 N–H and O–H groups in total. The summed E-state index contributed by atoms with van der Waals surface area (Å²) >= 11 is 0. The average molecular weight is 223 g/mol. The van der Waals surface area contributed by atoms with E-state index in [-0.39, 0.29) is 5.76 Å². The van der Waals surface area contributed by atoms with Crippen LogP contribution < -0.4 is 0 Å². The van der Waals surface area contributed by atoms with Gasteiger partial charge in [0, 0.05) is 6.42 Å². The zero-order valence-electron chi connectivity index (χ0n) is 9.75. The maximum absolute atomic E-state index is 10.9. The number of aromatic carboxylic acids is 1. The lowest BCUT2D eigenvalue weighted by molar-refractivity contribution is 0.0658. The molecular formula is C12H17NO3. The Kier molecular flexibility index (Phi) is 2.74. The van der Waals surface area contributed by atoms with Crippen molar-refractivity contribution in [3.63, 3.8) is 0 Å². The van der Waals surface area contributed by atoms with E-state index in [1.54, 1.807) is 0 Å². The smallest absolute Gasteiger partial charge is 0.373 e. The molecule has 4 nitrogen and oxygen atoms in total. The van der Waals surface area contributed by atoms with Crippen LogP contribution in [0.1, 0.15) is 55.2 Å². The van der Waals surface area contributed by atoms with Gasteiger partial charge < -0.3 is 9.52 Å². The zero-order valence-corrected chi connectivity index (χ0v) is 9.75. The van der Waals surface area contributed by atoms with E-state index >= 15 is 0 Å². The molecule has 0 atom stereocenters. The molecule has 1 fully saturated rings.